The minimum atomic E-state index is -0.229. The van der Waals surface area contributed by atoms with Crippen LogP contribution in [0.15, 0.2) is 47.1 Å². The normalized spacial score (nSPS) is 12.5. The van der Waals surface area contributed by atoms with Crippen LogP contribution >= 0.6 is 0 Å². The van der Waals surface area contributed by atoms with Crippen molar-refractivity contribution in [1.82, 2.24) is 14.9 Å². The number of rotatable bonds is 5. The summed E-state index contributed by atoms with van der Waals surface area (Å²) in [4.78, 5) is 16.8. The number of fused-ring (bicyclic) bond motifs is 1. The topological polar surface area (TPSA) is 60.1 Å². The third-order valence-corrected chi connectivity index (χ3v) is 3.61. The summed E-state index contributed by atoms with van der Waals surface area (Å²) in [6.45, 7) is 4.94. The molecule has 22 heavy (non-hydrogen) atoms. The molecule has 0 saturated heterocycles. The van der Waals surface area contributed by atoms with Crippen LogP contribution in [0.25, 0.3) is 11.0 Å². The second-order valence-corrected chi connectivity index (χ2v) is 5.28. The molecule has 1 atom stereocenters. The zero-order valence-corrected chi connectivity index (χ0v) is 12.7. The lowest BCUT2D eigenvalue weighted by atomic mass is 10.3. The number of carbonyl (C=O) groups is 1. The molecule has 0 saturated carbocycles. The van der Waals surface area contributed by atoms with E-state index < -0.39 is 0 Å². The maximum Gasteiger partial charge on any atom is 0.287 e. The molecule has 114 valence electrons. The minimum Gasteiger partial charge on any atom is -0.459 e. The van der Waals surface area contributed by atoms with Crippen LogP contribution < -0.4 is 5.32 Å². The van der Waals surface area contributed by atoms with Gasteiger partial charge in [-0.25, -0.2) is 4.98 Å². The molecule has 5 heteroatoms. The summed E-state index contributed by atoms with van der Waals surface area (Å²) >= 11 is 0. The third kappa shape index (κ3) is 2.62. The molecule has 0 aliphatic rings. The van der Waals surface area contributed by atoms with E-state index in [-0.39, 0.29) is 11.9 Å². The van der Waals surface area contributed by atoms with Crippen LogP contribution in [0.5, 0.6) is 0 Å². The SMILES string of the molecule is CCCn1c([C@H](C)NC(=O)c2ccco2)nc2ccccc21. The molecule has 0 radical (unpaired) electrons. The van der Waals surface area contributed by atoms with Crippen molar-refractivity contribution in [3.8, 4) is 0 Å². The van der Waals surface area contributed by atoms with Gasteiger partial charge in [0.2, 0.25) is 0 Å². The van der Waals surface area contributed by atoms with E-state index in [1.165, 1.54) is 6.26 Å². The van der Waals surface area contributed by atoms with Gasteiger partial charge in [0.25, 0.3) is 5.91 Å². The number of benzene rings is 1. The Labute approximate surface area is 129 Å². The predicted molar refractivity (Wildman–Crippen MR) is 84.6 cm³/mol. The molecule has 0 fully saturated rings. The molecule has 3 aromatic rings. The van der Waals surface area contributed by atoms with Crippen LogP contribution in [0.1, 0.15) is 42.7 Å². The van der Waals surface area contributed by atoms with Crippen molar-refractivity contribution in [2.45, 2.75) is 32.9 Å². The summed E-state index contributed by atoms with van der Waals surface area (Å²) in [6.07, 6.45) is 2.50. The van der Waals surface area contributed by atoms with E-state index in [0.717, 1.165) is 29.8 Å². The Hall–Kier alpha value is -2.56. The van der Waals surface area contributed by atoms with Crippen molar-refractivity contribution >= 4 is 16.9 Å². The first-order chi connectivity index (χ1) is 10.7. The van der Waals surface area contributed by atoms with Crippen molar-refractivity contribution in [3.63, 3.8) is 0 Å². The number of imidazole rings is 1. The smallest absolute Gasteiger partial charge is 0.287 e. The third-order valence-electron chi connectivity index (χ3n) is 3.61. The number of para-hydroxylation sites is 2. The van der Waals surface area contributed by atoms with Gasteiger partial charge in [0.05, 0.1) is 23.3 Å². The van der Waals surface area contributed by atoms with Gasteiger partial charge in [-0.05, 0) is 37.6 Å². The number of hydrogen-bond acceptors (Lipinski definition) is 3. The number of carbonyl (C=O) groups excluding carboxylic acids is 1. The van der Waals surface area contributed by atoms with Crippen LogP contribution in [-0.4, -0.2) is 15.5 Å². The average Bonchev–Trinajstić information content (AvgIpc) is 3.16. The largest absolute Gasteiger partial charge is 0.459 e. The van der Waals surface area contributed by atoms with E-state index in [1.54, 1.807) is 12.1 Å². The summed E-state index contributed by atoms with van der Waals surface area (Å²) < 4.78 is 7.30. The molecule has 3 rings (SSSR count). The Morgan fingerprint density at radius 1 is 1.32 bits per heavy atom. The van der Waals surface area contributed by atoms with Crippen molar-refractivity contribution in [2.75, 3.05) is 0 Å². The van der Waals surface area contributed by atoms with Gasteiger partial charge in [-0.2, -0.15) is 0 Å². The van der Waals surface area contributed by atoms with E-state index in [4.69, 9.17) is 4.42 Å². The highest BCUT2D eigenvalue weighted by Gasteiger charge is 2.19. The van der Waals surface area contributed by atoms with E-state index >= 15 is 0 Å². The molecule has 0 aliphatic heterocycles. The lowest BCUT2D eigenvalue weighted by Crippen LogP contribution is -2.28. The number of furan rings is 1. The zero-order valence-electron chi connectivity index (χ0n) is 12.7. The Bertz CT molecular complexity index is 774. The van der Waals surface area contributed by atoms with Crippen molar-refractivity contribution in [2.24, 2.45) is 0 Å². The highest BCUT2D eigenvalue weighted by molar-refractivity contribution is 5.91. The van der Waals surface area contributed by atoms with Crippen molar-refractivity contribution < 1.29 is 9.21 Å². The molecule has 0 aliphatic carbocycles. The summed E-state index contributed by atoms with van der Waals surface area (Å²) in [5, 5.41) is 2.94. The van der Waals surface area contributed by atoms with Gasteiger partial charge in [-0.15, -0.1) is 0 Å². The number of nitrogens with zero attached hydrogens (tertiary/aromatic N) is 2. The van der Waals surface area contributed by atoms with Gasteiger partial charge in [0.1, 0.15) is 5.82 Å². The maximum atomic E-state index is 12.1. The number of aryl methyl sites for hydroxylation is 1. The molecule has 2 aromatic heterocycles. The molecule has 0 unspecified atom stereocenters. The molecule has 1 amide bonds. The molecular weight excluding hydrogens is 278 g/mol. The molecule has 1 N–H and O–H groups in total. The second kappa shape index (κ2) is 6.05. The monoisotopic (exact) mass is 297 g/mol. The Kier molecular flexibility index (Phi) is 3.96. The number of nitrogens with one attached hydrogen (secondary N) is 1. The van der Waals surface area contributed by atoms with Crippen LogP contribution in [0, 0.1) is 0 Å². The van der Waals surface area contributed by atoms with Gasteiger partial charge in [-0.3, -0.25) is 4.79 Å². The van der Waals surface area contributed by atoms with Crippen molar-refractivity contribution in [3.05, 3.63) is 54.2 Å². The number of aromatic nitrogens is 2. The summed E-state index contributed by atoms with van der Waals surface area (Å²) in [7, 11) is 0. The van der Waals surface area contributed by atoms with Crippen LogP contribution in [-0.2, 0) is 6.54 Å². The van der Waals surface area contributed by atoms with Gasteiger partial charge in [0.15, 0.2) is 5.76 Å². The van der Waals surface area contributed by atoms with Crippen molar-refractivity contribution in [1.29, 1.82) is 0 Å². The minimum absolute atomic E-state index is 0.198. The molecule has 5 nitrogen and oxygen atoms in total. The first kappa shape index (κ1) is 14.4. The quantitative estimate of drug-likeness (QED) is 0.783. The van der Waals surface area contributed by atoms with E-state index in [9.17, 15) is 4.79 Å². The fourth-order valence-electron chi connectivity index (χ4n) is 2.62. The summed E-state index contributed by atoms with van der Waals surface area (Å²) in [5.74, 6) is 0.945. The van der Waals surface area contributed by atoms with Gasteiger partial charge < -0.3 is 14.3 Å². The highest BCUT2D eigenvalue weighted by atomic mass is 16.3. The number of amides is 1. The van der Waals surface area contributed by atoms with E-state index in [2.05, 4.69) is 27.9 Å². The van der Waals surface area contributed by atoms with Gasteiger partial charge >= 0.3 is 0 Å². The fraction of sp³-hybridized carbons (Fsp3) is 0.294. The summed E-state index contributed by atoms with van der Waals surface area (Å²) in [5.41, 5.74) is 2.04. The Balaban J connectivity index is 1.91. The lowest BCUT2D eigenvalue weighted by molar-refractivity contribution is 0.0909. The molecular formula is C17H19N3O2. The Morgan fingerprint density at radius 3 is 2.86 bits per heavy atom. The summed E-state index contributed by atoms with van der Waals surface area (Å²) in [6, 6.07) is 11.2. The molecule has 0 spiro atoms. The average molecular weight is 297 g/mol. The highest BCUT2D eigenvalue weighted by Crippen LogP contribution is 2.21. The zero-order chi connectivity index (χ0) is 15.5. The van der Waals surface area contributed by atoms with Crippen LogP contribution in [0.4, 0.5) is 0 Å². The fourth-order valence-corrected chi connectivity index (χ4v) is 2.62. The maximum absolute atomic E-state index is 12.1. The van der Waals surface area contributed by atoms with Gasteiger partial charge in [-0.1, -0.05) is 19.1 Å². The van der Waals surface area contributed by atoms with Crippen LogP contribution in [0.2, 0.25) is 0 Å². The molecule has 2 heterocycles. The first-order valence-corrected chi connectivity index (χ1v) is 7.50. The molecule has 0 bridgehead atoms. The van der Waals surface area contributed by atoms with E-state index in [0.29, 0.717) is 5.76 Å². The standard InChI is InChI=1S/C17H19N3O2/c1-3-10-20-14-8-5-4-7-13(14)19-16(20)12(2)18-17(21)15-9-6-11-22-15/h4-9,11-12H,3,10H2,1-2H3,(H,18,21)/t12-/m0/s1. The van der Waals surface area contributed by atoms with E-state index in [1.807, 2.05) is 25.1 Å². The lowest BCUT2D eigenvalue weighted by Gasteiger charge is -2.15. The van der Waals surface area contributed by atoms with Crippen LogP contribution in [0.3, 0.4) is 0 Å². The Morgan fingerprint density at radius 2 is 2.14 bits per heavy atom. The second-order valence-electron chi connectivity index (χ2n) is 5.28. The molecule has 1 aromatic carbocycles. The van der Waals surface area contributed by atoms with Gasteiger partial charge in [0, 0.05) is 6.54 Å². The predicted octanol–water partition coefficient (Wildman–Crippen LogP) is 3.53. The number of hydrogen-bond donors (Lipinski definition) is 1. The first-order valence-electron chi connectivity index (χ1n) is 7.50.